The molecule has 8 nitrogen and oxygen atoms in total. The Morgan fingerprint density at radius 2 is 1.62 bits per heavy atom. The smallest absolute Gasteiger partial charge is 0.263 e. The lowest BCUT2D eigenvalue weighted by Gasteiger charge is -2.36. The zero-order valence-corrected chi connectivity index (χ0v) is 21.9. The van der Waals surface area contributed by atoms with Gasteiger partial charge in [-0.2, -0.15) is 0 Å². The minimum absolute atomic E-state index is 0.0615. The SMILES string of the molecule is O=C(CCc1nnc2n(Cc3ccc(F)cc3)c(=O)c3ccccc3n12)N1CCN(c2ccc(Cl)cc2)CC1. The molecule has 0 atom stereocenters. The highest BCUT2D eigenvalue weighted by atomic mass is 35.5. The predicted molar refractivity (Wildman–Crippen MR) is 149 cm³/mol. The van der Waals surface area contributed by atoms with Crippen LogP contribution in [0, 0.1) is 5.82 Å². The van der Waals surface area contributed by atoms with Crippen molar-refractivity contribution in [2.75, 3.05) is 31.1 Å². The number of anilines is 1. The number of hydrogen-bond acceptors (Lipinski definition) is 5. The summed E-state index contributed by atoms with van der Waals surface area (Å²) in [6, 6.07) is 21.1. The average Bonchev–Trinajstić information content (AvgIpc) is 3.39. The second-order valence-corrected chi connectivity index (χ2v) is 10.1. The normalized spacial score (nSPS) is 13.9. The number of carbonyl (C=O) groups is 1. The first-order chi connectivity index (χ1) is 19.0. The van der Waals surface area contributed by atoms with Crippen molar-refractivity contribution < 1.29 is 9.18 Å². The van der Waals surface area contributed by atoms with Crippen LogP contribution in [0.4, 0.5) is 10.1 Å². The molecule has 0 spiro atoms. The molecule has 1 aliphatic rings. The quantitative estimate of drug-likeness (QED) is 0.321. The summed E-state index contributed by atoms with van der Waals surface area (Å²) in [6.07, 6.45) is 0.670. The Labute approximate surface area is 228 Å². The van der Waals surface area contributed by atoms with Gasteiger partial charge in [0.1, 0.15) is 11.6 Å². The number of aryl methyl sites for hydroxylation is 1. The molecule has 0 saturated carbocycles. The van der Waals surface area contributed by atoms with Gasteiger partial charge < -0.3 is 9.80 Å². The summed E-state index contributed by atoms with van der Waals surface area (Å²) in [7, 11) is 0. The van der Waals surface area contributed by atoms with Gasteiger partial charge in [0.2, 0.25) is 11.7 Å². The van der Waals surface area contributed by atoms with E-state index in [0.29, 0.717) is 47.0 Å². The van der Waals surface area contributed by atoms with Crippen molar-refractivity contribution in [1.29, 1.82) is 0 Å². The molecule has 0 radical (unpaired) electrons. The number of hydrogen-bond donors (Lipinski definition) is 0. The summed E-state index contributed by atoms with van der Waals surface area (Å²) in [6.45, 7) is 3.01. The molecule has 0 N–H and O–H groups in total. The first-order valence-corrected chi connectivity index (χ1v) is 13.2. The van der Waals surface area contributed by atoms with Gasteiger partial charge in [0.15, 0.2) is 0 Å². The molecule has 2 aromatic heterocycles. The van der Waals surface area contributed by atoms with Crippen molar-refractivity contribution >= 4 is 39.9 Å². The van der Waals surface area contributed by atoms with Gasteiger partial charge in [-0.3, -0.25) is 18.6 Å². The first-order valence-electron chi connectivity index (χ1n) is 12.9. The van der Waals surface area contributed by atoms with E-state index < -0.39 is 0 Å². The fourth-order valence-electron chi connectivity index (χ4n) is 5.13. The Morgan fingerprint density at radius 1 is 0.897 bits per heavy atom. The van der Waals surface area contributed by atoms with Gasteiger partial charge in [-0.1, -0.05) is 35.9 Å². The van der Waals surface area contributed by atoms with Crippen LogP contribution in [-0.2, 0) is 17.8 Å². The Morgan fingerprint density at radius 3 is 2.36 bits per heavy atom. The molecule has 1 aliphatic heterocycles. The van der Waals surface area contributed by atoms with E-state index in [2.05, 4.69) is 15.1 Å². The monoisotopic (exact) mass is 544 g/mol. The third-order valence-electron chi connectivity index (χ3n) is 7.22. The van der Waals surface area contributed by atoms with Gasteiger partial charge in [-0.05, 0) is 54.1 Å². The number of carbonyl (C=O) groups excluding carboxylic acids is 1. The maximum atomic E-state index is 13.4. The standard InChI is InChI=1S/C29H26ClFN6O2/c30-21-7-11-23(12-8-21)34-15-17-35(18-16-34)27(38)14-13-26-32-33-29-36(19-20-5-9-22(31)10-6-20)28(39)24-3-1-2-4-25(24)37(26)29/h1-12H,13-19H2. The number of rotatable bonds is 6. The Balaban J connectivity index is 1.22. The Kier molecular flexibility index (Phi) is 6.74. The predicted octanol–water partition coefficient (Wildman–Crippen LogP) is 4.17. The highest BCUT2D eigenvalue weighted by Gasteiger charge is 2.23. The molecule has 3 heterocycles. The number of aromatic nitrogens is 4. The van der Waals surface area contributed by atoms with Gasteiger partial charge >= 0.3 is 0 Å². The second kappa shape index (κ2) is 10.5. The first kappa shape index (κ1) is 25.1. The Hall–Kier alpha value is -4.24. The van der Waals surface area contributed by atoms with Crippen molar-refractivity contribution in [3.05, 3.63) is 105 Å². The van der Waals surface area contributed by atoms with E-state index in [1.165, 1.54) is 12.1 Å². The van der Waals surface area contributed by atoms with Crippen molar-refractivity contribution in [1.82, 2.24) is 24.1 Å². The molecule has 5 aromatic rings. The van der Waals surface area contributed by atoms with E-state index in [-0.39, 0.29) is 30.2 Å². The van der Waals surface area contributed by atoms with E-state index in [4.69, 9.17) is 11.6 Å². The molecule has 39 heavy (non-hydrogen) atoms. The van der Waals surface area contributed by atoms with E-state index in [1.54, 1.807) is 22.8 Å². The molecule has 1 fully saturated rings. The number of para-hydroxylation sites is 1. The number of benzene rings is 3. The third-order valence-corrected chi connectivity index (χ3v) is 7.47. The van der Waals surface area contributed by atoms with Crippen LogP contribution in [0.5, 0.6) is 0 Å². The maximum Gasteiger partial charge on any atom is 0.263 e. The van der Waals surface area contributed by atoms with Crippen LogP contribution in [0.15, 0.2) is 77.6 Å². The van der Waals surface area contributed by atoms with Crippen LogP contribution in [0.3, 0.4) is 0 Å². The lowest BCUT2D eigenvalue weighted by atomic mass is 10.2. The van der Waals surface area contributed by atoms with Crippen LogP contribution >= 0.6 is 11.6 Å². The largest absolute Gasteiger partial charge is 0.368 e. The zero-order chi connectivity index (χ0) is 26.9. The maximum absolute atomic E-state index is 13.4. The number of nitrogens with zero attached hydrogens (tertiary/aromatic N) is 6. The molecule has 1 amide bonds. The summed E-state index contributed by atoms with van der Waals surface area (Å²) in [4.78, 5) is 30.6. The summed E-state index contributed by atoms with van der Waals surface area (Å²) < 4.78 is 16.8. The summed E-state index contributed by atoms with van der Waals surface area (Å²) in [5, 5.41) is 9.95. The lowest BCUT2D eigenvalue weighted by Crippen LogP contribution is -2.48. The topological polar surface area (TPSA) is 75.7 Å². The lowest BCUT2D eigenvalue weighted by molar-refractivity contribution is -0.131. The molecule has 0 aliphatic carbocycles. The van der Waals surface area contributed by atoms with Crippen LogP contribution in [0.2, 0.25) is 5.02 Å². The molecule has 6 rings (SSSR count). The Bertz CT molecular complexity index is 1710. The van der Waals surface area contributed by atoms with E-state index >= 15 is 0 Å². The molecule has 10 heteroatoms. The van der Waals surface area contributed by atoms with Crippen molar-refractivity contribution in [2.24, 2.45) is 0 Å². The van der Waals surface area contributed by atoms with Crippen LogP contribution < -0.4 is 10.5 Å². The van der Waals surface area contributed by atoms with Gasteiger partial charge in [-0.15, -0.1) is 10.2 Å². The van der Waals surface area contributed by atoms with Gasteiger partial charge in [0.05, 0.1) is 17.4 Å². The molecule has 198 valence electrons. The number of fused-ring (bicyclic) bond motifs is 3. The molecule has 0 unspecified atom stereocenters. The van der Waals surface area contributed by atoms with Gasteiger partial charge in [-0.25, -0.2) is 4.39 Å². The minimum Gasteiger partial charge on any atom is -0.368 e. The van der Waals surface area contributed by atoms with Crippen LogP contribution in [-0.4, -0.2) is 56.2 Å². The molecular formula is C29H26ClFN6O2. The van der Waals surface area contributed by atoms with Crippen molar-refractivity contribution in [3.8, 4) is 0 Å². The molecule has 1 saturated heterocycles. The summed E-state index contributed by atoms with van der Waals surface area (Å²) in [5.74, 6) is 0.728. The van der Waals surface area contributed by atoms with E-state index in [1.807, 2.05) is 51.8 Å². The highest BCUT2D eigenvalue weighted by molar-refractivity contribution is 6.30. The van der Waals surface area contributed by atoms with Crippen molar-refractivity contribution in [2.45, 2.75) is 19.4 Å². The van der Waals surface area contributed by atoms with E-state index in [0.717, 1.165) is 24.3 Å². The zero-order valence-electron chi connectivity index (χ0n) is 21.1. The highest BCUT2D eigenvalue weighted by Crippen LogP contribution is 2.21. The third kappa shape index (κ3) is 4.97. The number of amides is 1. The van der Waals surface area contributed by atoms with Crippen LogP contribution in [0.1, 0.15) is 17.8 Å². The molecule has 0 bridgehead atoms. The summed E-state index contributed by atoms with van der Waals surface area (Å²) >= 11 is 6.01. The van der Waals surface area contributed by atoms with Gasteiger partial charge in [0, 0.05) is 49.7 Å². The molecule has 3 aromatic carbocycles. The van der Waals surface area contributed by atoms with Crippen LogP contribution in [0.25, 0.3) is 16.7 Å². The van der Waals surface area contributed by atoms with E-state index in [9.17, 15) is 14.0 Å². The number of piperazine rings is 1. The minimum atomic E-state index is -0.337. The second-order valence-electron chi connectivity index (χ2n) is 9.63. The molecular weight excluding hydrogens is 519 g/mol. The fraction of sp³-hybridized carbons (Fsp3) is 0.241. The summed E-state index contributed by atoms with van der Waals surface area (Å²) in [5.41, 5.74) is 2.36. The van der Waals surface area contributed by atoms with Crippen molar-refractivity contribution in [3.63, 3.8) is 0 Å². The number of halogens is 2. The van der Waals surface area contributed by atoms with Gasteiger partial charge in [0.25, 0.3) is 5.56 Å². The fourth-order valence-corrected chi connectivity index (χ4v) is 5.26. The average molecular weight is 545 g/mol.